The van der Waals surface area contributed by atoms with Gasteiger partial charge in [0.15, 0.2) is 0 Å². The third-order valence-corrected chi connectivity index (χ3v) is 2.57. The van der Waals surface area contributed by atoms with Crippen LogP contribution in [-0.2, 0) is 4.79 Å². The van der Waals surface area contributed by atoms with Crippen LogP contribution in [-0.4, -0.2) is 98.2 Å². The van der Waals surface area contributed by atoms with Crippen molar-refractivity contribution < 1.29 is 9.90 Å². The van der Waals surface area contributed by atoms with Crippen LogP contribution in [0.2, 0.25) is 0 Å². The van der Waals surface area contributed by atoms with Crippen molar-refractivity contribution in [1.29, 1.82) is 0 Å². The number of carboxylic acids is 1. The maximum atomic E-state index is 11.8. The quantitative estimate of drug-likeness (QED) is 0.482. The van der Waals surface area contributed by atoms with E-state index in [0.29, 0.717) is 0 Å². The van der Waals surface area contributed by atoms with Gasteiger partial charge < -0.3 is 5.11 Å². The van der Waals surface area contributed by atoms with E-state index < -0.39 is 11.8 Å². The maximum absolute atomic E-state index is 11.8. The standard InChI is InChI=1S/C10H25N5O2/c1-11(2)10(9(16)17,12(3)4)15(13(5)6)14(7)8/h1-8H3,(H,16,17). The molecule has 0 bridgehead atoms. The molecule has 1 N–H and O–H groups in total. The van der Waals surface area contributed by atoms with E-state index in [1.807, 2.05) is 28.2 Å². The summed E-state index contributed by atoms with van der Waals surface area (Å²) in [5.74, 6) is -2.21. The lowest BCUT2D eigenvalue weighted by molar-refractivity contribution is -0.290. The van der Waals surface area contributed by atoms with Gasteiger partial charge in [0.2, 0.25) is 0 Å². The molecule has 0 heterocycles. The second-order valence-electron chi connectivity index (χ2n) is 4.71. The van der Waals surface area contributed by atoms with E-state index in [0.717, 1.165) is 0 Å². The summed E-state index contributed by atoms with van der Waals surface area (Å²) in [5.41, 5.74) is 0. The molecular formula is C10H25N5O2. The minimum absolute atomic E-state index is 0.935. The largest absolute Gasteiger partial charge is 0.478 e. The Hall–Kier alpha value is -0.730. The van der Waals surface area contributed by atoms with Gasteiger partial charge >= 0.3 is 5.97 Å². The van der Waals surface area contributed by atoms with Crippen molar-refractivity contribution in [2.45, 2.75) is 5.79 Å². The van der Waals surface area contributed by atoms with Gasteiger partial charge in [0.1, 0.15) is 0 Å². The van der Waals surface area contributed by atoms with E-state index in [-0.39, 0.29) is 0 Å². The Morgan fingerprint density at radius 2 is 1.12 bits per heavy atom. The molecule has 0 aliphatic heterocycles. The fourth-order valence-electron chi connectivity index (χ4n) is 2.14. The molecule has 0 saturated carbocycles. The van der Waals surface area contributed by atoms with Gasteiger partial charge in [0.25, 0.3) is 5.79 Å². The smallest absolute Gasteiger partial charge is 0.358 e. The van der Waals surface area contributed by atoms with Crippen molar-refractivity contribution >= 4 is 5.97 Å². The highest BCUT2D eigenvalue weighted by atomic mass is 16.4. The normalized spacial score (nSPS) is 13.5. The summed E-state index contributed by atoms with van der Waals surface area (Å²) in [7, 11) is 14.2. The molecule has 0 aliphatic rings. The van der Waals surface area contributed by atoms with Crippen molar-refractivity contribution in [2.24, 2.45) is 0 Å². The summed E-state index contributed by atoms with van der Waals surface area (Å²) < 4.78 is 0. The number of rotatable bonds is 6. The Balaban J connectivity index is 5.79. The molecule has 0 radical (unpaired) electrons. The molecule has 0 aromatic rings. The summed E-state index contributed by atoms with van der Waals surface area (Å²) in [4.78, 5) is 15.1. The lowest BCUT2D eigenvalue weighted by atomic mass is 10.3. The molecule has 7 nitrogen and oxygen atoms in total. The van der Waals surface area contributed by atoms with Crippen molar-refractivity contribution in [2.75, 3.05) is 56.4 Å². The van der Waals surface area contributed by atoms with Gasteiger partial charge in [0, 0.05) is 28.2 Å². The minimum Gasteiger partial charge on any atom is -0.478 e. The highest BCUT2D eigenvalue weighted by Crippen LogP contribution is 2.23. The van der Waals surface area contributed by atoms with Crippen LogP contribution in [0.3, 0.4) is 0 Å². The number of carboxylic acid groups (broad SMARTS) is 1. The summed E-state index contributed by atoms with van der Waals surface area (Å²) in [5, 5.41) is 14.8. The predicted molar refractivity (Wildman–Crippen MR) is 67.0 cm³/mol. The molecule has 102 valence electrons. The molecule has 0 spiro atoms. The molecule has 0 aliphatic carbocycles. The first kappa shape index (κ1) is 16.3. The highest BCUT2D eigenvalue weighted by molar-refractivity contribution is 5.77. The van der Waals surface area contributed by atoms with Gasteiger partial charge in [-0.25, -0.2) is 14.8 Å². The van der Waals surface area contributed by atoms with Crippen LogP contribution in [0.1, 0.15) is 0 Å². The monoisotopic (exact) mass is 247 g/mol. The summed E-state index contributed by atoms with van der Waals surface area (Å²) in [6.07, 6.45) is 0. The zero-order chi connectivity index (χ0) is 14.0. The summed E-state index contributed by atoms with van der Waals surface area (Å²) in [6.45, 7) is 0. The van der Waals surface area contributed by atoms with Crippen LogP contribution in [0, 0.1) is 0 Å². The molecule has 0 atom stereocenters. The average molecular weight is 247 g/mol. The predicted octanol–water partition coefficient (Wildman–Crippen LogP) is -0.897. The molecule has 0 saturated heterocycles. The van der Waals surface area contributed by atoms with Crippen molar-refractivity contribution in [3.05, 3.63) is 0 Å². The molecule has 17 heavy (non-hydrogen) atoms. The van der Waals surface area contributed by atoms with Crippen molar-refractivity contribution in [1.82, 2.24) is 24.9 Å². The third kappa shape index (κ3) is 2.75. The fraction of sp³-hybridized carbons (Fsp3) is 0.900. The van der Waals surface area contributed by atoms with Gasteiger partial charge in [-0.05, 0) is 28.2 Å². The van der Waals surface area contributed by atoms with Gasteiger partial charge in [0.05, 0.1) is 0 Å². The van der Waals surface area contributed by atoms with E-state index in [9.17, 15) is 9.90 Å². The molecule has 0 aromatic carbocycles. The van der Waals surface area contributed by atoms with E-state index in [4.69, 9.17) is 0 Å². The van der Waals surface area contributed by atoms with Crippen LogP contribution in [0.5, 0.6) is 0 Å². The van der Waals surface area contributed by atoms with Crippen LogP contribution in [0.4, 0.5) is 0 Å². The average Bonchev–Trinajstić information content (AvgIpc) is 2.09. The summed E-state index contributed by atoms with van der Waals surface area (Å²) in [6, 6.07) is 0. The summed E-state index contributed by atoms with van der Waals surface area (Å²) >= 11 is 0. The fourth-order valence-corrected chi connectivity index (χ4v) is 2.14. The Bertz CT molecular complexity index is 249. The third-order valence-electron chi connectivity index (χ3n) is 2.57. The van der Waals surface area contributed by atoms with E-state index in [2.05, 4.69) is 0 Å². The zero-order valence-corrected chi connectivity index (χ0v) is 12.1. The first-order valence-corrected chi connectivity index (χ1v) is 5.33. The number of likely N-dealkylation sites (N-methyl/N-ethyl adjacent to an activating group) is 2. The Morgan fingerprint density at radius 3 is 1.18 bits per heavy atom. The molecule has 0 fully saturated rings. The molecular weight excluding hydrogens is 222 g/mol. The van der Waals surface area contributed by atoms with Crippen molar-refractivity contribution in [3.8, 4) is 0 Å². The zero-order valence-electron chi connectivity index (χ0n) is 12.1. The highest BCUT2D eigenvalue weighted by Gasteiger charge is 2.51. The lowest BCUT2D eigenvalue weighted by Gasteiger charge is -2.52. The van der Waals surface area contributed by atoms with Crippen LogP contribution in [0.25, 0.3) is 0 Å². The van der Waals surface area contributed by atoms with E-state index in [1.54, 1.807) is 53.1 Å². The van der Waals surface area contributed by atoms with E-state index in [1.165, 1.54) is 0 Å². The first-order valence-electron chi connectivity index (χ1n) is 5.33. The lowest BCUT2D eigenvalue weighted by Crippen LogP contribution is -2.76. The van der Waals surface area contributed by atoms with Crippen LogP contribution < -0.4 is 0 Å². The van der Waals surface area contributed by atoms with E-state index >= 15 is 0 Å². The Kier molecular flexibility index (Phi) is 5.50. The number of hydrogen-bond acceptors (Lipinski definition) is 6. The first-order chi connectivity index (χ1) is 7.59. The number of hydrazine groups is 2. The molecule has 0 aromatic heterocycles. The molecule has 0 unspecified atom stereocenters. The van der Waals surface area contributed by atoms with Crippen LogP contribution in [0.15, 0.2) is 0 Å². The molecule has 7 heteroatoms. The van der Waals surface area contributed by atoms with Crippen molar-refractivity contribution in [3.63, 3.8) is 0 Å². The topological polar surface area (TPSA) is 53.5 Å². The number of hydrogen-bond donors (Lipinski definition) is 1. The van der Waals surface area contributed by atoms with Gasteiger partial charge in [-0.2, -0.15) is 0 Å². The Labute approximate surface area is 104 Å². The SMILES string of the molecule is CN(C)N(N(C)C)C(C(=O)O)(N(C)C)N(C)C. The maximum Gasteiger partial charge on any atom is 0.358 e. The second-order valence-corrected chi connectivity index (χ2v) is 4.71. The number of carbonyl (C=O) groups is 1. The number of nitrogens with zero attached hydrogens (tertiary/aromatic N) is 5. The molecule has 0 rings (SSSR count). The van der Waals surface area contributed by atoms with Gasteiger partial charge in [-0.3, -0.25) is 9.80 Å². The van der Waals surface area contributed by atoms with Crippen LogP contribution >= 0.6 is 0 Å². The minimum atomic E-state index is -1.27. The molecule has 0 amide bonds. The Morgan fingerprint density at radius 1 is 0.824 bits per heavy atom. The van der Waals surface area contributed by atoms with Gasteiger partial charge in [-0.15, -0.1) is 5.12 Å². The number of aliphatic carboxylic acids is 1. The second kappa shape index (κ2) is 5.74. The van der Waals surface area contributed by atoms with Gasteiger partial charge in [-0.1, -0.05) is 0 Å².